The highest BCUT2D eigenvalue weighted by Gasteiger charge is 2.34. The highest BCUT2D eigenvalue weighted by Crippen LogP contribution is 2.45. The van der Waals surface area contributed by atoms with Crippen LogP contribution in [0, 0.1) is 6.92 Å². The Kier molecular flexibility index (Phi) is 4.47. The number of carbonyl (C=O) groups excluding carboxylic acids is 1. The number of hydrogen-bond donors (Lipinski definition) is 1. The lowest BCUT2D eigenvalue weighted by Crippen LogP contribution is -2.40. The summed E-state index contributed by atoms with van der Waals surface area (Å²) in [6.45, 7) is 3.85. The SMILES string of the molecule is Cc1csc2c1-c1c(c(C(=O)NN3CCCC3)nn1-c1ccc(Cl)cc1Cl)C2. The Bertz CT molecular complexity index is 1100. The summed E-state index contributed by atoms with van der Waals surface area (Å²) in [7, 11) is 0. The van der Waals surface area contributed by atoms with E-state index in [-0.39, 0.29) is 5.91 Å². The number of aryl methyl sites for hydroxylation is 1. The molecule has 0 unspecified atom stereocenters. The second kappa shape index (κ2) is 6.88. The Morgan fingerprint density at radius 2 is 2.04 bits per heavy atom. The van der Waals surface area contributed by atoms with E-state index in [1.165, 1.54) is 16.0 Å². The van der Waals surface area contributed by atoms with E-state index in [9.17, 15) is 4.79 Å². The van der Waals surface area contributed by atoms with Gasteiger partial charge in [0.15, 0.2) is 5.69 Å². The van der Waals surface area contributed by atoms with Crippen LogP contribution in [0.4, 0.5) is 0 Å². The van der Waals surface area contributed by atoms with E-state index in [0.717, 1.165) is 49.3 Å². The molecule has 144 valence electrons. The number of nitrogens with one attached hydrogen (secondary N) is 1. The minimum Gasteiger partial charge on any atom is -0.283 e. The van der Waals surface area contributed by atoms with Crippen LogP contribution in [0.1, 0.15) is 39.3 Å². The predicted octanol–water partition coefficient (Wildman–Crippen LogP) is 4.86. The third-order valence-electron chi connectivity index (χ3n) is 5.33. The van der Waals surface area contributed by atoms with Crippen molar-refractivity contribution < 1.29 is 4.79 Å². The molecule has 0 bridgehead atoms. The van der Waals surface area contributed by atoms with Gasteiger partial charge in [0, 0.05) is 40.5 Å². The van der Waals surface area contributed by atoms with Gasteiger partial charge in [0.2, 0.25) is 0 Å². The van der Waals surface area contributed by atoms with E-state index in [4.69, 9.17) is 28.3 Å². The second-order valence-corrected chi connectivity index (χ2v) is 9.02. The molecule has 1 amide bonds. The number of amides is 1. The van der Waals surface area contributed by atoms with Crippen molar-refractivity contribution in [3.8, 4) is 16.9 Å². The Morgan fingerprint density at radius 1 is 1.25 bits per heavy atom. The van der Waals surface area contributed by atoms with Gasteiger partial charge in [0.25, 0.3) is 5.91 Å². The van der Waals surface area contributed by atoms with E-state index in [0.29, 0.717) is 15.7 Å². The molecule has 1 aromatic carbocycles. The Labute approximate surface area is 176 Å². The summed E-state index contributed by atoms with van der Waals surface area (Å²) in [4.78, 5) is 14.3. The first-order chi connectivity index (χ1) is 13.5. The molecule has 0 saturated carbocycles. The summed E-state index contributed by atoms with van der Waals surface area (Å²) in [6.07, 6.45) is 2.92. The van der Waals surface area contributed by atoms with Gasteiger partial charge in [0.1, 0.15) is 0 Å². The quantitative estimate of drug-likeness (QED) is 0.502. The molecule has 2 aliphatic rings. The first kappa shape index (κ1) is 18.2. The topological polar surface area (TPSA) is 50.2 Å². The summed E-state index contributed by atoms with van der Waals surface area (Å²) in [5, 5.41) is 9.90. The Balaban J connectivity index is 1.65. The van der Waals surface area contributed by atoms with Gasteiger partial charge in [-0.15, -0.1) is 11.3 Å². The summed E-state index contributed by atoms with van der Waals surface area (Å²) in [5.74, 6) is -0.158. The maximum absolute atomic E-state index is 13.0. The molecule has 1 N–H and O–H groups in total. The molecule has 5 rings (SSSR count). The number of benzene rings is 1. The lowest BCUT2D eigenvalue weighted by molar-refractivity contribution is 0.0819. The zero-order chi connectivity index (χ0) is 19.4. The maximum Gasteiger partial charge on any atom is 0.286 e. The Hall–Kier alpha value is -1.86. The number of hydrazine groups is 1. The molecule has 0 atom stereocenters. The number of fused-ring (bicyclic) bond motifs is 3. The third-order valence-corrected chi connectivity index (χ3v) is 6.97. The zero-order valence-electron chi connectivity index (χ0n) is 15.3. The number of hydrogen-bond acceptors (Lipinski definition) is 4. The van der Waals surface area contributed by atoms with Crippen LogP contribution in [0.25, 0.3) is 16.9 Å². The van der Waals surface area contributed by atoms with Crippen LogP contribution in [0.15, 0.2) is 23.6 Å². The number of halogens is 2. The van der Waals surface area contributed by atoms with Gasteiger partial charge >= 0.3 is 0 Å². The second-order valence-electron chi connectivity index (χ2n) is 7.21. The lowest BCUT2D eigenvalue weighted by atomic mass is 10.1. The van der Waals surface area contributed by atoms with Crippen molar-refractivity contribution in [2.75, 3.05) is 13.1 Å². The molecule has 2 aromatic heterocycles. The van der Waals surface area contributed by atoms with E-state index in [2.05, 4.69) is 17.7 Å². The molecular weight excluding hydrogens is 415 g/mol. The van der Waals surface area contributed by atoms with Crippen LogP contribution >= 0.6 is 34.5 Å². The van der Waals surface area contributed by atoms with Crippen molar-refractivity contribution in [2.24, 2.45) is 0 Å². The van der Waals surface area contributed by atoms with Crippen LogP contribution in [0.5, 0.6) is 0 Å². The summed E-state index contributed by atoms with van der Waals surface area (Å²) >= 11 is 14.3. The van der Waals surface area contributed by atoms with Gasteiger partial charge in [-0.2, -0.15) is 5.10 Å². The van der Waals surface area contributed by atoms with Crippen molar-refractivity contribution >= 4 is 40.4 Å². The zero-order valence-corrected chi connectivity index (χ0v) is 17.6. The predicted molar refractivity (Wildman–Crippen MR) is 113 cm³/mol. The summed E-state index contributed by atoms with van der Waals surface area (Å²) in [6, 6.07) is 5.34. The van der Waals surface area contributed by atoms with Gasteiger partial charge in [0.05, 0.1) is 16.4 Å². The van der Waals surface area contributed by atoms with Gasteiger partial charge < -0.3 is 0 Å². The molecule has 1 saturated heterocycles. The van der Waals surface area contributed by atoms with Gasteiger partial charge in [-0.25, -0.2) is 9.69 Å². The van der Waals surface area contributed by atoms with Crippen LogP contribution in [0.2, 0.25) is 10.0 Å². The van der Waals surface area contributed by atoms with Crippen LogP contribution < -0.4 is 5.43 Å². The Morgan fingerprint density at radius 3 is 2.79 bits per heavy atom. The number of aromatic nitrogens is 2. The van der Waals surface area contributed by atoms with Gasteiger partial charge in [-0.3, -0.25) is 10.2 Å². The molecule has 0 spiro atoms. The first-order valence-corrected chi connectivity index (χ1v) is 10.9. The molecule has 1 aliphatic heterocycles. The molecule has 8 heteroatoms. The molecule has 0 radical (unpaired) electrons. The fourth-order valence-corrected chi connectivity index (χ4v) is 5.55. The molecule has 5 nitrogen and oxygen atoms in total. The van der Waals surface area contributed by atoms with Crippen LogP contribution in [-0.4, -0.2) is 33.8 Å². The molecular formula is C20H18Cl2N4OS. The van der Waals surface area contributed by atoms with E-state index in [1.807, 2.05) is 11.1 Å². The summed E-state index contributed by atoms with van der Waals surface area (Å²) < 4.78 is 1.80. The van der Waals surface area contributed by atoms with Crippen molar-refractivity contribution in [1.82, 2.24) is 20.2 Å². The molecule has 28 heavy (non-hydrogen) atoms. The summed E-state index contributed by atoms with van der Waals surface area (Å²) in [5.41, 5.74) is 8.49. The molecule has 1 fully saturated rings. The molecule has 3 heterocycles. The smallest absolute Gasteiger partial charge is 0.283 e. The number of thiophene rings is 1. The first-order valence-electron chi connectivity index (χ1n) is 9.23. The van der Waals surface area contributed by atoms with E-state index < -0.39 is 0 Å². The minimum atomic E-state index is -0.158. The minimum absolute atomic E-state index is 0.158. The number of carbonyl (C=O) groups is 1. The fraction of sp³-hybridized carbons (Fsp3) is 0.300. The maximum atomic E-state index is 13.0. The standard InChI is InChI=1S/C20H18Cl2N4OS/c1-11-10-28-16-9-13-18(20(27)24-25-6-2-3-7-25)23-26(19(13)17(11)16)15-5-4-12(21)8-14(15)22/h4-5,8,10H,2-3,6-7,9H2,1H3,(H,24,27). The van der Waals surface area contributed by atoms with Crippen LogP contribution in [0.3, 0.4) is 0 Å². The fourth-order valence-electron chi connectivity index (χ4n) is 4.02. The third kappa shape index (κ3) is 2.87. The highest BCUT2D eigenvalue weighted by molar-refractivity contribution is 7.10. The highest BCUT2D eigenvalue weighted by atomic mass is 35.5. The molecule has 1 aliphatic carbocycles. The van der Waals surface area contributed by atoms with Crippen molar-refractivity contribution in [1.29, 1.82) is 0 Å². The largest absolute Gasteiger partial charge is 0.286 e. The normalized spacial score (nSPS) is 15.7. The van der Waals surface area contributed by atoms with E-state index >= 15 is 0 Å². The van der Waals surface area contributed by atoms with Crippen molar-refractivity contribution in [3.05, 3.63) is 55.3 Å². The van der Waals surface area contributed by atoms with E-state index in [1.54, 1.807) is 28.2 Å². The lowest BCUT2D eigenvalue weighted by Gasteiger charge is -2.15. The number of rotatable bonds is 3. The average Bonchev–Trinajstić information content (AvgIpc) is 3.39. The molecule has 3 aromatic rings. The average molecular weight is 433 g/mol. The van der Waals surface area contributed by atoms with Crippen LogP contribution in [-0.2, 0) is 6.42 Å². The van der Waals surface area contributed by atoms with Crippen molar-refractivity contribution in [3.63, 3.8) is 0 Å². The van der Waals surface area contributed by atoms with Gasteiger partial charge in [-0.1, -0.05) is 23.2 Å². The monoisotopic (exact) mass is 432 g/mol. The number of nitrogens with zero attached hydrogens (tertiary/aromatic N) is 3. The van der Waals surface area contributed by atoms with Crippen molar-refractivity contribution in [2.45, 2.75) is 26.2 Å². The van der Waals surface area contributed by atoms with Gasteiger partial charge in [-0.05, 0) is 48.9 Å².